The monoisotopic (exact) mass is 264 g/mol. The van der Waals surface area contributed by atoms with E-state index >= 15 is 0 Å². The number of rotatable bonds is 5. The lowest BCUT2D eigenvalue weighted by atomic mass is 10.1. The molecular weight excluding hydrogens is 244 g/mol. The van der Waals surface area contributed by atoms with Gasteiger partial charge in [0.25, 0.3) is 0 Å². The average molecular weight is 264 g/mol. The molecule has 0 bridgehead atoms. The molecule has 0 radical (unpaired) electrons. The molecule has 1 saturated carbocycles. The van der Waals surface area contributed by atoms with Crippen LogP contribution in [0.3, 0.4) is 0 Å². The topological polar surface area (TPSA) is 26.3 Å². The summed E-state index contributed by atoms with van der Waals surface area (Å²) in [7, 11) is 1.69. The maximum atomic E-state index is 11.4. The van der Waals surface area contributed by atoms with E-state index in [1.165, 1.54) is 25.7 Å². The molecule has 1 aliphatic carbocycles. The van der Waals surface area contributed by atoms with Crippen molar-refractivity contribution in [1.29, 1.82) is 0 Å². The minimum atomic E-state index is 0.116. The van der Waals surface area contributed by atoms with Crippen LogP contribution in [0.2, 0.25) is 0 Å². The SMILES string of the molecule is COc1ccc(C(C)=O)cc1CSC1CCCC1. The highest BCUT2D eigenvalue weighted by Crippen LogP contribution is 2.34. The van der Waals surface area contributed by atoms with Crippen molar-refractivity contribution >= 4 is 17.5 Å². The first-order chi connectivity index (χ1) is 8.70. The van der Waals surface area contributed by atoms with Gasteiger partial charge in [-0.1, -0.05) is 12.8 Å². The van der Waals surface area contributed by atoms with E-state index in [1.807, 2.05) is 30.0 Å². The van der Waals surface area contributed by atoms with Gasteiger partial charge in [-0.25, -0.2) is 0 Å². The lowest BCUT2D eigenvalue weighted by Gasteiger charge is -2.12. The highest BCUT2D eigenvalue weighted by atomic mass is 32.2. The van der Waals surface area contributed by atoms with Crippen molar-refractivity contribution in [2.75, 3.05) is 7.11 Å². The molecule has 0 aromatic heterocycles. The number of methoxy groups -OCH3 is 1. The van der Waals surface area contributed by atoms with Crippen molar-refractivity contribution in [3.05, 3.63) is 29.3 Å². The summed E-state index contributed by atoms with van der Waals surface area (Å²) in [5.41, 5.74) is 1.92. The maximum absolute atomic E-state index is 11.4. The van der Waals surface area contributed by atoms with Crippen LogP contribution >= 0.6 is 11.8 Å². The van der Waals surface area contributed by atoms with Crippen LogP contribution in [0.15, 0.2) is 18.2 Å². The molecular formula is C15H20O2S. The zero-order valence-electron chi connectivity index (χ0n) is 11.1. The summed E-state index contributed by atoms with van der Waals surface area (Å²) < 4.78 is 5.37. The smallest absolute Gasteiger partial charge is 0.159 e. The molecule has 0 spiro atoms. The van der Waals surface area contributed by atoms with Gasteiger partial charge in [-0.3, -0.25) is 4.79 Å². The molecule has 0 heterocycles. The molecule has 0 amide bonds. The lowest BCUT2D eigenvalue weighted by molar-refractivity contribution is 0.101. The Labute approximate surface area is 113 Å². The van der Waals surface area contributed by atoms with E-state index in [0.29, 0.717) is 0 Å². The largest absolute Gasteiger partial charge is 0.496 e. The fraction of sp³-hybridized carbons (Fsp3) is 0.533. The fourth-order valence-corrected chi connectivity index (χ4v) is 3.68. The standard InChI is InChI=1S/C15H20O2S/c1-11(16)12-7-8-15(17-2)13(9-12)10-18-14-5-3-4-6-14/h7-9,14H,3-6,10H2,1-2H3. The number of carbonyl (C=O) groups is 1. The van der Waals surface area contributed by atoms with Crippen molar-refractivity contribution in [1.82, 2.24) is 0 Å². The van der Waals surface area contributed by atoms with E-state index in [2.05, 4.69) is 0 Å². The molecule has 0 saturated heterocycles. The van der Waals surface area contributed by atoms with E-state index in [9.17, 15) is 4.79 Å². The van der Waals surface area contributed by atoms with E-state index in [0.717, 1.165) is 27.9 Å². The van der Waals surface area contributed by atoms with E-state index in [-0.39, 0.29) is 5.78 Å². The van der Waals surface area contributed by atoms with Gasteiger partial charge in [-0.05, 0) is 38.0 Å². The van der Waals surface area contributed by atoms with Gasteiger partial charge in [0.05, 0.1) is 7.11 Å². The number of hydrogen-bond acceptors (Lipinski definition) is 3. The summed E-state index contributed by atoms with van der Waals surface area (Å²) in [6.07, 6.45) is 5.39. The number of benzene rings is 1. The van der Waals surface area contributed by atoms with Gasteiger partial charge in [-0.15, -0.1) is 0 Å². The molecule has 1 fully saturated rings. The molecule has 2 nitrogen and oxygen atoms in total. The Hall–Kier alpha value is -0.960. The number of Topliss-reactive ketones (excluding diaryl/α,β-unsaturated/α-hetero) is 1. The first kappa shape index (κ1) is 13.5. The molecule has 0 unspecified atom stereocenters. The summed E-state index contributed by atoms with van der Waals surface area (Å²) in [6, 6.07) is 5.72. The van der Waals surface area contributed by atoms with E-state index < -0.39 is 0 Å². The average Bonchev–Trinajstić information content (AvgIpc) is 2.89. The Morgan fingerprint density at radius 2 is 2.11 bits per heavy atom. The molecule has 0 N–H and O–H groups in total. The number of carbonyl (C=O) groups excluding carboxylic acids is 1. The molecule has 1 aromatic rings. The van der Waals surface area contributed by atoms with Crippen LogP contribution in [0.25, 0.3) is 0 Å². The van der Waals surface area contributed by atoms with Gasteiger partial charge < -0.3 is 4.74 Å². The molecule has 18 heavy (non-hydrogen) atoms. The Kier molecular flexibility index (Phi) is 4.70. The Morgan fingerprint density at radius 1 is 1.39 bits per heavy atom. The minimum Gasteiger partial charge on any atom is -0.496 e. The zero-order chi connectivity index (χ0) is 13.0. The molecule has 1 aliphatic rings. The summed E-state index contributed by atoms with van der Waals surface area (Å²) in [5, 5.41) is 0.788. The van der Waals surface area contributed by atoms with Gasteiger partial charge >= 0.3 is 0 Å². The normalized spacial score (nSPS) is 15.9. The second-order valence-electron chi connectivity index (χ2n) is 4.80. The fourth-order valence-electron chi connectivity index (χ4n) is 2.37. The molecule has 0 aliphatic heterocycles. The van der Waals surface area contributed by atoms with Gasteiger partial charge in [-0.2, -0.15) is 11.8 Å². The van der Waals surface area contributed by atoms with Gasteiger partial charge in [0, 0.05) is 22.1 Å². The van der Waals surface area contributed by atoms with Crippen molar-refractivity contribution in [2.24, 2.45) is 0 Å². The quantitative estimate of drug-likeness (QED) is 0.750. The predicted molar refractivity (Wildman–Crippen MR) is 76.5 cm³/mol. The van der Waals surface area contributed by atoms with Crippen LogP contribution in [0, 0.1) is 0 Å². The number of ketones is 1. The first-order valence-corrected chi connectivity index (χ1v) is 7.55. The molecule has 98 valence electrons. The molecule has 2 rings (SSSR count). The second-order valence-corrected chi connectivity index (χ2v) is 6.09. The third-order valence-electron chi connectivity index (χ3n) is 3.46. The number of ether oxygens (including phenoxy) is 1. The van der Waals surface area contributed by atoms with Crippen LogP contribution in [0.5, 0.6) is 5.75 Å². The molecule has 1 aromatic carbocycles. The number of hydrogen-bond donors (Lipinski definition) is 0. The van der Waals surface area contributed by atoms with Crippen LogP contribution in [0.1, 0.15) is 48.5 Å². The predicted octanol–water partition coefficient (Wildman–Crippen LogP) is 4.07. The third-order valence-corrected chi connectivity index (χ3v) is 4.88. The van der Waals surface area contributed by atoms with Crippen LogP contribution < -0.4 is 4.74 Å². The van der Waals surface area contributed by atoms with Crippen molar-refractivity contribution in [3.8, 4) is 5.75 Å². The maximum Gasteiger partial charge on any atom is 0.159 e. The van der Waals surface area contributed by atoms with E-state index in [4.69, 9.17) is 4.74 Å². The Morgan fingerprint density at radius 3 is 2.72 bits per heavy atom. The first-order valence-electron chi connectivity index (χ1n) is 6.50. The van der Waals surface area contributed by atoms with Crippen molar-refractivity contribution in [2.45, 2.75) is 43.6 Å². The highest BCUT2D eigenvalue weighted by molar-refractivity contribution is 7.99. The number of thioether (sulfide) groups is 1. The Bertz CT molecular complexity index is 423. The third kappa shape index (κ3) is 3.29. The van der Waals surface area contributed by atoms with Crippen LogP contribution in [-0.4, -0.2) is 18.1 Å². The van der Waals surface area contributed by atoms with E-state index in [1.54, 1.807) is 14.0 Å². The molecule has 0 atom stereocenters. The lowest BCUT2D eigenvalue weighted by Crippen LogP contribution is -1.99. The highest BCUT2D eigenvalue weighted by Gasteiger charge is 2.16. The van der Waals surface area contributed by atoms with Crippen molar-refractivity contribution < 1.29 is 9.53 Å². The summed E-state index contributed by atoms with van der Waals surface area (Å²) >= 11 is 2.00. The van der Waals surface area contributed by atoms with Gasteiger partial charge in [0.2, 0.25) is 0 Å². The van der Waals surface area contributed by atoms with Gasteiger partial charge in [0.15, 0.2) is 5.78 Å². The Balaban J connectivity index is 2.08. The summed E-state index contributed by atoms with van der Waals surface area (Å²) in [5.74, 6) is 1.95. The summed E-state index contributed by atoms with van der Waals surface area (Å²) in [6.45, 7) is 1.61. The van der Waals surface area contributed by atoms with Crippen LogP contribution in [0.4, 0.5) is 0 Å². The zero-order valence-corrected chi connectivity index (χ0v) is 11.9. The molecule has 3 heteroatoms. The van der Waals surface area contributed by atoms with Crippen LogP contribution in [-0.2, 0) is 5.75 Å². The van der Waals surface area contributed by atoms with Gasteiger partial charge in [0.1, 0.15) is 5.75 Å². The minimum absolute atomic E-state index is 0.116. The summed E-state index contributed by atoms with van der Waals surface area (Å²) in [4.78, 5) is 11.4. The second kappa shape index (κ2) is 6.28. The van der Waals surface area contributed by atoms with Crippen molar-refractivity contribution in [3.63, 3.8) is 0 Å².